The van der Waals surface area contributed by atoms with Crippen molar-refractivity contribution in [3.63, 3.8) is 0 Å². The van der Waals surface area contributed by atoms with E-state index in [0.29, 0.717) is 17.9 Å². The molecule has 0 fully saturated rings. The lowest BCUT2D eigenvalue weighted by atomic mass is 10.1. The maximum absolute atomic E-state index is 12.8. The summed E-state index contributed by atoms with van der Waals surface area (Å²) in [6, 6.07) is 12.6. The Bertz CT molecular complexity index is 812. The zero-order valence-electron chi connectivity index (χ0n) is 14.4. The van der Waals surface area contributed by atoms with Gasteiger partial charge in [0.15, 0.2) is 6.61 Å². The Hall–Kier alpha value is -2.87. The number of carbonyl (C=O) groups is 3. The van der Waals surface area contributed by atoms with Crippen molar-refractivity contribution in [1.29, 1.82) is 0 Å². The van der Waals surface area contributed by atoms with Crippen LogP contribution in [0, 0.1) is 5.82 Å². The molecule has 0 atom stereocenters. The lowest BCUT2D eigenvalue weighted by Crippen LogP contribution is -2.30. The molecule has 0 unspecified atom stereocenters. The Labute approximate surface area is 160 Å². The third kappa shape index (κ3) is 7.10. The normalized spacial score (nSPS) is 10.3. The molecule has 0 saturated heterocycles. The number of rotatable bonds is 9. The lowest BCUT2D eigenvalue weighted by molar-refractivity contribution is -0.124. The summed E-state index contributed by atoms with van der Waals surface area (Å²) in [4.78, 5) is 35.4. The number of nitrogens with one attached hydrogen (secondary N) is 1. The fraction of sp³-hybridized carbons (Fsp3) is 0.211. The van der Waals surface area contributed by atoms with Gasteiger partial charge in [-0.3, -0.25) is 9.59 Å². The lowest BCUT2D eigenvalue weighted by Gasteiger charge is -2.09. The quantitative estimate of drug-likeness (QED) is 0.503. The molecule has 0 radical (unpaired) electrons. The second kappa shape index (κ2) is 10.3. The molecule has 0 aliphatic carbocycles. The minimum absolute atomic E-state index is 0.0359. The Morgan fingerprint density at radius 2 is 1.78 bits per heavy atom. The van der Waals surface area contributed by atoms with Gasteiger partial charge in [0.1, 0.15) is 5.82 Å². The Kier molecular flexibility index (Phi) is 7.81. The predicted octanol–water partition coefficient (Wildman–Crippen LogP) is 1.92. The van der Waals surface area contributed by atoms with Crippen molar-refractivity contribution in [2.75, 3.05) is 18.9 Å². The fourth-order valence-electron chi connectivity index (χ4n) is 2.17. The molecule has 0 aromatic heterocycles. The van der Waals surface area contributed by atoms with E-state index in [0.717, 1.165) is 17.3 Å². The summed E-state index contributed by atoms with van der Waals surface area (Å²) in [6.45, 7) is -0.0792. The van der Waals surface area contributed by atoms with Gasteiger partial charge in [-0.25, -0.2) is 9.18 Å². The molecule has 8 heteroatoms. The predicted molar refractivity (Wildman–Crippen MR) is 99.8 cm³/mol. The maximum atomic E-state index is 12.8. The van der Waals surface area contributed by atoms with Crippen molar-refractivity contribution in [3.8, 4) is 0 Å². The van der Waals surface area contributed by atoms with Crippen LogP contribution in [0.5, 0.6) is 0 Å². The van der Waals surface area contributed by atoms with Crippen molar-refractivity contribution in [2.24, 2.45) is 5.73 Å². The molecule has 0 aliphatic rings. The second-order valence-corrected chi connectivity index (χ2v) is 6.57. The van der Waals surface area contributed by atoms with E-state index in [1.807, 2.05) is 0 Å². The van der Waals surface area contributed by atoms with Gasteiger partial charge in [-0.05, 0) is 36.2 Å². The van der Waals surface area contributed by atoms with Crippen molar-refractivity contribution < 1.29 is 23.5 Å². The monoisotopic (exact) mass is 390 g/mol. The summed E-state index contributed by atoms with van der Waals surface area (Å²) in [5.41, 5.74) is 6.26. The van der Waals surface area contributed by atoms with Crippen LogP contribution in [-0.4, -0.2) is 36.7 Å². The van der Waals surface area contributed by atoms with Crippen LogP contribution in [-0.2, 0) is 20.7 Å². The Balaban J connectivity index is 1.78. The van der Waals surface area contributed by atoms with Gasteiger partial charge in [-0.2, -0.15) is 0 Å². The molecule has 2 aromatic carbocycles. The summed E-state index contributed by atoms with van der Waals surface area (Å²) in [5, 5.41) is 2.63. The summed E-state index contributed by atoms with van der Waals surface area (Å²) >= 11 is 1.13. The Morgan fingerprint density at radius 1 is 1.07 bits per heavy atom. The van der Waals surface area contributed by atoms with Gasteiger partial charge < -0.3 is 15.8 Å². The minimum atomic E-state index is -0.656. The van der Waals surface area contributed by atoms with E-state index in [2.05, 4.69) is 5.32 Å². The van der Waals surface area contributed by atoms with Gasteiger partial charge in [0, 0.05) is 11.4 Å². The van der Waals surface area contributed by atoms with Crippen molar-refractivity contribution in [3.05, 3.63) is 65.5 Å². The van der Waals surface area contributed by atoms with Crippen LogP contribution in [0.25, 0.3) is 0 Å². The molecule has 6 nitrogen and oxygen atoms in total. The molecule has 3 N–H and O–H groups in total. The zero-order valence-corrected chi connectivity index (χ0v) is 15.3. The molecule has 2 amide bonds. The summed E-state index contributed by atoms with van der Waals surface area (Å²) in [7, 11) is 0. The first kappa shape index (κ1) is 20.4. The van der Waals surface area contributed by atoms with Crippen LogP contribution in [0.15, 0.2) is 53.4 Å². The van der Waals surface area contributed by atoms with Crippen molar-refractivity contribution in [2.45, 2.75) is 11.3 Å². The number of hydrogen-bond donors (Lipinski definition) is 2. The number of nitrogens with two attached hydrogens (primary N) is 1. The summed E-state index contributed by atoms with van der Waals surface area (Å²) in [5.74, 6) is -1.87. The average Bonchev–Trinajstić information content (AvgIpc) is 2.66. The van der Waals surface area contributed by atoms with Gasteiger partial charge in [0.25, 0.3) is 5.91 Å². The van der Waals surface area contributed by atoms with E-state index in [9.17, 15) is 18.8 Å². The number of thioether (sulfide) groups is 1. The summed E-state index contributed by atoms with van der Waals surface area (Å²) in [6.07, 6.45) is 0.534. The topological polar surface area (TPSA) is 98.5 Å². The molecule has 0 saturated carbocycles. The maximum Gasteiger partial charge on any atom is 0.339 e. The van der Waals surface area contributed by atoms with E-state index >= 15 is 0 Å². The number of amides is 2. The van der Waals surface area contributed by atoms with Crippen molar-refractivity contribution >= 4 is 29.5 Å². The number of esters is 1. The highest BCUT2D eigenvalue weighted by molar-refractivity contribution is 8.00. The third-order valence-corrected chi connectivity index (χ3v) is 4.56. The SMILES string of the molecule is NC(=O)CSc1ccccc1C(=O)OCC(=O)NCCc1ccc(F)cc1. The molecule has 2 rings (SSSR count). The van der Waals surface area contributed by atoms with Crippen LogP contribution in [0.2, 0.25) is 0 Å². The first-order valence-electron chi connectivity index (χ1n) is 8.14. The average molecular weight is 390 g/mol. The number of ether oxygens (including phenoxy) is 1. The Morgan fingerprint density at radius 3 is 2.48 bits per heavy atom. The molecule has 27 heavy (non-hydrogen) atoms. The van der Waals surface area contributed by atoms with E-state index in [1.165, 1.54) is 12.1 Å². The van der Waals surface area contributed by atoms with Gasteiger partial charge in [-0.1, -0.05) is 24.3 Å². The summed E-state index contributed by atoms with van der Waals surface area (Å²) < 4.78 is 17.9. The van der Waals surface area contributed by atoms with Gasteiger partial charge in [-0.15, -0.1) is 11.8 Å². The highest BCUT2D eigenvalue weighted by atomic mass is 32.2. The smallest absolute Gasteiger partial charge is 0.339 e. The molecule has 0 heterocycles. The van der Waals surface area contributed by atoms with Crippen molar-refractivity contribution in [1.82, 2.24) is 5.32 Å². The largest absolute Gasteiger partial charge is 0.452 e. The van der Waals surface area contributed by atoms with Crippen LogP contribution >= 0.6 is 11.8 Å². The number of hydrogen-bond acceptors (Lipinski definition) is 5. The van der Waals surface area contributed by atoms with E-state index in [1.54, 1.807) is 36.4 Å². The van der Waals surface area contributed by atoms with Crippen LogP contribution in [0.4, 0.5) is 4.39 Å². The molecular formula is C19H19FN2O4S. The fourth-order valence-corrected chi connectivity index (χ4v) is 2.95. The minimum Gasteiger partial charge on any atom is -0.452 e. The van der Waals surface area contributed by atoms with Gasteiger partial charge >= 0.3 is 5.97 Å². The third-order valence-electron chi connectivity index (χ3n) is 3.46. The van der Waals surface area contributed by atoms with Crippen LogP contribution in [0.1, 0.15) is 15.9 Å². The number of halogens is 1. The van der Waals surface area contributed by atoms with E-state index in [-0.39, 0.29) is 17.1 Å². The second-order valence-electron chi connectivity index (χ2n) is 5.55. The van der Waals surface area contributed by atoms with Gasteiger partial charge in [0.05, 0.1) is 11.3 Å². The van der Waals surface area contributed by atoms with Gasteiger partial charge in [0.2, 0.25) is 5.91 Å². The molecule has 2 aromatic rings. The van der Waals surface area contributed by atoms with Crippen LogP contribution in [0.3, 0.4) is 0 Å². The number of primary amides is 1. The molecule has 0 bridgehead atoms. The first-order valence-corrected chi connectivity index (χ1v) is 9.12. The molecule has 0 aliphatic heterocycles. The van der Waals surface area contributed by atoms with Crippen LogP contribution < -0.4 is 11.1 Å². The standard InChI is InChI=1S/C19H19FN2O4S/c20-14-7-5-13(6-8-14)9-10-22-18(24)11-26-19(25)15-3-1-2-4-16(15)27-12-17(21)23/h1-8H,9-12H2,(H2,21,23)(H,22,24). The van der Waals surface area contributed by atoms with E-state index in [4.69, 9.17) is 10.5 Å². The molecule has 0 spiro atoms. The highest BCUT2D eigenvalue weighted by Gasteiger charge is 2.15. The number of benzene rings is 2. The molecular weight excluding hydrogens is 371 g/mol. The van der Waals surface area contributed by atoms with E-state index < -0.39 is 24.4 Å². The zero-order chi connectivity index (χ0) is 19.6. The first-order chi connectivity index (χ1) is 13.0. The molecule has 142 valence electrons. The highest BCUT2D eigenvalue weighted by Crippen LogP contribution is 2.22. The number of carbonyl (C=O) groups excluding carboxylic acids is 3.